The molecule has 1 fully saturated rings. The molecular formula is C8H16N2OS. The third-order valence-corrected chi connectivity index (χ3v) is 2.71. The van der Waals surface area contributed by atoms with Crippen molar-refractivity contribution in [1.82, 2.24) is 10.6 Å². The number of piperidine rings is 1. The van der Waals surface area contributed by atoms with Crippen LogP contribution in [0.2, 0.25) is 0 Å². The van der Waals surface area contributed by atoms with Crippen LogP contribution in [0.5, 0.6) is 0 Å². The molecule has 1 saturated heterocycles. The van der Waals surface area contributed by atoms with Gasteiger partial charge in [-0.3, -0.25) is 4.79 Å². The van der Waals surface area contributed by atoms with Crippen LogP contribution < -0.4 is 10.6 Å². The van der Waals surface area contributed by atoms with E-state index in [9.17, 15) is 4.79 Å². The van der Waals surface area contributed by atoms with Crippen molar-refractivity contribution in [1.29, 1.82) is 0 Å². The molecule has 1 unspecified atom stereocenters. The molecule has 3 nitrogen and oxygen atoms in total. The standard InChI is InChI=1S/C8H16N2OS/c1-9-7(8(11)12)6-2-4-10-5-3-6/h6-7,9-10H,2-5H2,1H3,(H,11,12). The van der Waals surface area contributed by atoms with Crippen LogP contribution in [-0.4, -0.2) is 31.3 Å². The molecule has 0 aromatic carbocycles. The first-order chi connectivity index (χ1) is 5.75. The van der Waals surface area contributed by atoms with E-state index in [1.165, 1.54) is 0 Å². The minimum absolute atomic E-state index is 0.0376. The predicted octanol–water partition coefficient (Wildman–Crippen LogP) is 0.0304. The summed E-state index contributed by atoms with van der Waals surface area (Å²) >= 11 is 3.86. The largest absolute Gasteiger partial charge is 0.317 e. The zero-order chi connectivity index (χ0) is 8.97. The quantitative estimate of drug-likeness (QED) is 0.547. The number of nitrogens with one attached hydrogen (secondary N) is 2. The number of thiol groups is 1. The second-order valence-corrected chi connectivity index (χ2v) is 3.63. The van der Waals surface area contributed by atoms with Gasteiger partial charge >= 0.3 is 0 Å². The number of carbonyl (C=O) groups excluding carboxylic acids is 1. The van der Waals surface area contributed by atoms with Crippen LogP contribution in [0.15, 0.2) is 0 Å². The first kappa shape index (κ1) is 10.0. The molecule has 1 rings (SSSR count). The number of likely N-dealkylation sites (N-methyl/N-ethyl adjacent to an activating group) is 1. The van der Waals surface area contributed by atoms with E-state index >= 15 is 0 Å². The average molecular weight is 188 g/mol. The number of carbonyl (C=O) groups is 1. The summed E-state index contributed by atoms with van der Waals surface area (Å²) in [6.45, 7) is 2.04. The highest BCUT2D eigenvalue weighted by atomic mass is 32.1. The van der Waals surface area contributed by atoms with Crippen molar-refractivity contribution in [3.05, 3.63) is 0 Å². The van der Waals surface area contributed by atoms with Gasteiger partial charge in [-0.15, -0.1) is 12.6 Å². The summed E-state index contributed by atoms with van der Waals surface area (Å²) in [6, 6.07) is -0.0598. The van der Waals surface area contributed by atoms with E-state index in [0.29, 0.717) is 5.92 Å². The Labute approximate surface area is 78.7 Å². The van der Waals surface area contributed by atoms with Crippen LogP contribution in [-0.2, 0) is 4.79 Å². The lowest BCUT2D eigenvalue weighted by Gasteiger charge is -2.28. The van der Waals surface area contributed by atoms with Gasteiger partial charge in [0.25, 0.3) is 0 Å². The molecule has 1 aliphatic heterocycles. The fourth-order valence-electron chi connectivity index (χ4n) is 1.74. The first-order valence-corrected chi connectivity index (χ1v) is 4.81. The van der Waals surface area contributed by atoms with Crippen LogP contribution >= 0.6 is 12.6 Å². The van der Waals surface area contributed by atoms with E-state index < -0.39 is 0 Å². The van der Waals surface area contributed by atoms with Gasteiger partial charge < -0.3 is 10.6 Å². The van der Waals surface area contributed by atoms with Crippen LogP contribution in [0.3, 0.4) is 0 Å². The molecule has 1 aliphatic rings. The predicted molar refractivity (Wildman–Crippen MR) is 52.4 cm³/mol. The Balaban J connectivity index is 2.46. The van der Waals surface area contributed by atoms with E-state index in [1.54, 1.807) is 0 Å². The van der Waals surface area contributed by atoms with Gasteiger partial charge in [-0.2, -0.15) is 0 Å². The van der Waals surface area contributed by atoms with Gasteiger partial charge in [0.2, 0.25) is 5.12 Å². The van der Waals surface area contributed by atoms with E-state index in [-0.39, 0.29) is 11.2 Å². The Bertz CT molecular complexity index is 157. The van der Waals surface area contributed by atoms with E-state index in [0.717, 1.165) is 25.9 Å². The summed E-state index contributed by atoms with van der Waals surface area (Å²) in [5.41, 5.74) is 0. The fraction of sp³-hybridized carbons (Fsp3) is 0.875. The Morgan fingerprint density at radius 1 is 1.58 bits per heavy atom. The summed E-state index contributed by atoms with van der Waals surface area (Å²) < 4.78 is 0. The second-order valence-electron chi connectivity index (χ2n) is 3.19. The molecule has 0 amide bonds. The maximum Gasteiger partial charge on any atom is 0.203 e. The molecule has 70 valence electrons. The fourth-order valence-corrected chi connectivity index (χ4v) is 2.08. The zero-order valence-electron chi connectivity index (χ0n) is 7.34. The molecule has 0 aromatic heterocycles. The molecule has 0 radical (unpaired) electrons. The lowest BCUT2D eigenvalue weighted by molar-refractivity contribution is -0.113. The summed E-state index contributed by atoms with van der Waals surface area (Å²) in [7, 11) is 1.82. The van der Waals surface area contributed by atoms with Crippen molar-refractivity contribution in [2.24, 2.45) is 5.92 Å². The van der Waals surface area contributed by atoms with Crippen LogP contribution in [0.4, 0.5) is 0 Å². The Morgan fingerprint density at radius 2 is 2.17 bits per heavy atom. The maximum absolute atomic E-state index is 11.1. The monoisotopic (exact) mass is 188 g/mol. The summed E-state index contributed by atoms with van der Waals surface area (Å²) in [5.74, 6) is 0.459. The topological polar surface area (TPSA) is 41.1 Å². The van der Waals surface area contributed by atoms with Gasteiger partial charge in [-0.05, 0) is 38.9 Å². The smallest absolute Gasteiger partial charge is 0.203 e. The molecule has 0 spiro atoms. The Kier molecular flexibility index (Phi) is 4.05. The highest BCUT2D eigenvalue weighted by Gasteiger charge is 2.25. The van der Waals surface area contributed by atoms with Crippen molar-refractivity contribution in [3.63, 3.8) is 0 Å². The molecule has 0 bridgehead atoms. The third kappa shape index (κ3) is 2.47. The van der Waals surface area contributed by atoms with Gasteiger partial charge in [0, 0.05) is 0 Å². The van der Waals surface area contributed by atoms with Gasteiger partial charge in [0.15, 0.2) is 0 Å². The van der Waals surface area contributed by atoms with Crippen molar-refractivity contribution < 1.29 is 4.79 Å². The lowest BCUT2D eigenvalue weighted by atomic mass is 9.91. The first-order valence-electron chi connectivity index (χ1n) is 4.36. The SMILES string of the molecule is CNC(C(=O)S)C1CCNCC1. The zero-order valence-corrected chi connectivity index (χ0v) is 8.23. The molecule has 0 aliphatic carbocycles. The summed E-state index contributed by atoms with van der Waals surface area (Å²) in [4.78, 5) is 11.1. The molecule has 1 atom stereocenters. The Morgan fingerprint density at radius 3 is 2.58 bits per heavy atom. The molecule has 12 heavy (non-hydrogen) atoms. The lowest BCUT2D eigenvalue weighted by Crippen LogP contribution is -2.43. The highest BCUT2D eigenvalue weighted by molar-refractivity contribution is 7.96. The molecule has 2 N–H and O–H groups in total. The number of rotatable bonds is 3. The van der Waals surface area contributed by atoms with Crippen LogP contribution in [0.25, 0.3) is 0 Å². The van der Waals surface area contributed by atoms with E-state index in [1.807, 2.05) is 7.05 Å². The van der Waals surface area contributed by atoms with Crippen molar-refractivity contribution in [3.8, 4) is 0 Å². The normalized spacial score (nSPS) is 22.2. The van der Waals surface area contributed by atoms with Crippen LogP contribution in [0.1, 0.15) is 12.8 Å². The third-order valence-electron chi connectivity index (χ3n) is 2.43. The van der Waals surface area contributed by atoms with Gasteiger partial charge in [0.1, 0.15) is 0 Å². The minimum Gasteiger partial charge on any atom is -0.317 e. The summed E-state index contributed by atoms with van der Waals surface area (Å²) in [5, 5.41) is 6.25. The molecular weight excluding hydrogens is 172 g/mol. The van der Waals surface area contributed by atoms with Crippen molar-refractivity contribution >= 4 is 17.7 Å². The molecule has 1 heterocycles. The van der Waals surface area contributed by atoms with Gasteiger partial charge in [-0.25, -0.2) is 0 Å². The molecule has 0 saturated carbocycles. The van der Waals surface area contributed by atoms with E-state index in [4.69, 9.17) is 0 Å². The van der Waals surface area contributed by atoms with Crippen molar-refractivity contribution in [2.75, 3.05) is 20.1 Å². The maximum atomic E-state index is 11.1. The van der Waals surface area contributed by atoms with Crippen molar-refractivity contribution in [2.45, 2.75) is 18.9 Å². The molecule has 0 aromatic rings. The second kappa shape index (κ2) is 4.84. The highest BCUT2D eigenvalue weighted by Crippen LogP contribution is 2.17. The average Bonchev–Trinajstić information content (AvgIpc) is 2.07. The summed E-state index contributed by atoms with van der Waals surface area (Å²) in [6.07, 6.45) is 2.13. The van der Waals surface area contributed by atoms with Crippen LogP contribution in [0, 0.1) is 5.92 Å². The minimum atomic E-state index is -0.0598. The number of hydrogen-bond donors (Lipinski definition) is 3. The molecule has 4 heteroatoms. The van der Waals surface area contributed by atoms with Gasteiger partial charge in [0.05, 0.1) is 6.04 Å². The van der Waals surface area contributed by atoms with E-state index in [2.05, 4.69) is 23.3 Å². The Hall–Kier alpha value is -0.0600. The van der Waals surface area contributed by atoms with Gasteiger partial charge in [-0.1, -0.05) is 0 Å². The number of hydrogen-bond acceptors (Lipinski definition) is 3.